The van der Waals surface area contributed by atoms with Crippen molar-refractivity contribution in [3.8, 4) is 6.07 Å². The van der Waals surface area contributed by atoms with Crippen molar-refractivity contribution in [1.82, 2.24) is 5.01 Å². The third-order valence-corrected chi connectivity index (χ3v) is 5.44. The number of carbonyl (C=O) groups is 1. The van der Waals surface area contributed by atoms with Crippen LogP contribution in [-0.4, -0.2) is 29.7 Å². The van der Waals surface area contributed by atoms with Crippen LogP contribution in [0.4, 0.5) is 5.69 Å². The maximum atomic E-state index is 12.5. The first-order chi connectivity index (χ1) is 13.9. The van der Waals surface area contributed by atoms with Crippen LogP contribution in [0.2, 0.25) is 10.0 Å². The van der Waals surface area contributed by atoms with Gasteiger partial charge in [-0.3, -0.25) is 9.80 Å². The number of hydrazone groups is 1. The van der Waals surface area contributed by atoms with Crippen LogP contribution in [0, 0.1) is 16.7 Å². The molecule has 1 amide bonds. The predicted octanol–water partition coefficient (Wildman–Crippen LogP) is 5.35. The highest BCUT2D eigenvalue weighted by Crippen LogP contribution is 2.36. The number of unbranched alkanes of at least 4 members (excludes halogenated alkanes) is 1. The van der Waals surface area contributed by atoms with E-state index in [-0.39, 0.29) is 17.9 Å². The lowest BCUT2D eigenvalue weighted by atomic mass is 9.78. The van der Waals surface area contributed by atoms with Crippen molar-refractivity contribution < 1.29 is 4.79 Å². The number of hydrogen-bond acceptors (Lipinski definition) is 4. The molecule has 1 atom stereocenters. The quantitative estimate of drug-likeness (QED) is 0.603. The molecule has 1 N–H and O–H groups in total. The van der Waals surface area contributed by atoms with E-state index in [0.717, 1.165) is 24.1 Å². The fraction of sp³-hybridized carbons (Fsp3) is 0.318. The summed E-state index contributed by atoms with van der Waals surface area (Å²) in [4.78, 5) is 12.5. The number of hydrogen-bond donors (Lipinski definition) is 1. The summed E-state index contributed by atoms with van der Waals surface area (Å²) < 4.78 is 0. The number of nitrogens with zero attached hydrogens (tertiary/aromatic N) is 3. The number of nitrogens with one attached hydrogen (secondary N) is 1. The first-order valence-corrected chi connectivity index (χ1v) is 10.2. The molecule has 0 fully saturated rings. The largest absolute Gasteiger partial charge is 0.324 e. The SMILES string of the molecule is CC1(CCCC#N)CN(CC(=O)Nc2ccc(Cl)cc2)N=C1c1ccc(Cl)cc1. The number of halogens is 2. The molecule has 0 radical (unpaired) electrons. The smallest absolute Gasteiger partial charge is 0.245 e. The zero-order valence-corrected chi connectivity index (χ0v) is 17.7. The van der Waals surface area contributed by atoms with Gasteiger partial charge in [0.05, 0.1) is 11.8 Å². The normalized spacial score (nSPS) is 18.3. The van der Waals surface area contributed by atoms with Gasteiger partial charge >= 0.3 is 0 Å². The molecule has 0 spiro atoms. The van der Waals surface area contributed by atoms with Crippen molar-refractivity contribution >= 4 is 40.5 Å². The number of anilines is 1. The highest BCUT2D eigenvalue weighted by Gasteiger charge is 2.39. The van der Waals surface area contributed by atoms with Gasteiger partial charge in [0.15, 0.2) is 0 Å². The summed E-state index contributed by atoms with van der Waals surface area (Å²) in [5.74, 6) is -0.146. The Morgan fingerprint density at radius 3 is 2.41 bits per heavy atom. The molecule has 0 saturated carbocycles. The van der Waals surface area contributed by atoms with E-state index in [4.69, 9.17) is 33.6 Å². The van der Waals surface area contributed by atoms with Crippen molar-refractivity contribution in [3.05, 3.63) is 64.1 Å². The summed E-state index contributed by atoms with van der Waals surface area (Å²) in [5, 5.41) is 19.6. The Hall–Kier alpha value is -2.55. The molecule has 2 aromatic carbocycles. The van der Waals surface area contributed by atoms with Crippen molar-refractivity contribution in [2.75, 3.05) is 18.4 Å². The summed E-state index contributed by atoms with van der Waals surface area (Å²) in [6.45, 7) is 2.90. The van der Waals surface area contributed by atoms with Gasteiger partial charge < -0.3 is 5.32 Å². The Balaban J connectivity index is 1.74. The molecule has 29 heavy (non-hydrogen) atoms. The lowest BCUT2D eigenvalue weighted by molar-refractivity contribution is -0.117. The molecule has 1 aliphatic heterocycles. The number of nitriles is 1. The van der Waals surface area contributed by atoms with E-state index in [9.17, 15) is 4.79 Å². The molecule has 0 bridgehead atoms. The van der Waals surface area contributed by atoms with Gasteiger partial charge in [-0.05, 0) is 54.8 Å². The van der Waals surface area contributed by atoms with Gasteiger partial charge in [-0.25, -0.2) is 0 Å². The summed E-state index contributed by atoms with van der Waals surface area (Å²) in [5.41, 5.74) is 2.35. The van der Waals surface area contributed by atoms with Crippen LogP contribution in [0.1, 0.15) is 31.7 Å². The molecule has 7 heteroatoms. The first kappa shape index (κ1) is 21.2. The lowest BCUT2D eigenvalue weighted by Gasteiger charge is -2.26. The van der Waals surface area contributed by atoms with Crippen molar-refractivity contribution in [3.63, 3.8) is 0 Å². The molecule has 1 aliphatic rings. The summed E-state index contributed by atoms with van der Waals surface area (Å²) in [6.07, 6.45) is 2.10. The Morgan fingerprint density at radius 1 is 1.17 bits per heavy atom. The average molecular weight is 429 g/mol. The number of benzene rings is 2. The van der Waals surface area contributed by atoms with Gasteiger partial charge in [0.25, 0.3) is 0 Å². The molecular weight excluding hydrogens is 407 g/mol. The fourth-order valence-electron chi connectivity index (χ4n) is 3.53. The Bertz CT molecular complexity index is 935. The Morgan fingerprint density at radius 2 is 1.79 bits per heavy atom. The van der Waals surface area contributed by atoms with E-state index in [0.29, 0.717) is 28.7 Å². The molecule has 1 heterocycles. The zero-order valence-electron chi connectivity index (χ0n) is 16.2. The lowest BCUT2D eigenvalue weighted by Crippen LogP contribution is -2.34. The third kappa shape index (κ3) is 5.50. The van der Waals surface area contributed by atoms with E-state index in [2.05, 4.69) is 18.3 Å². The van der Waals surface area contributed by atoms with Crippen LogP contribution in [0.25, 0.3) is 0 Å². The van der Waals surface area contributed by atoms with Gasteiger partial charge in [-0.2, -0.15) is 10.4 Å². The van der Waals surface area contributed by atoms with Gasteiger partial charge in [0.2, 0.25) is 5.91 Å². The standard InChI is InChI=1S/C22H22Cl2N4O/c1-22(12-2-3-13-25)15-28(27-21(22)16-4-6-17(23)7-5-16)14-20(29)26-19-10-8-18(24)9-11-19/h4-11H,2-3,12,14-15H2,1H3,(H,26,29). The summed E-state index contributed by atoms with van der Waals surface area (Å²) in [7, 11) is 0. The molecule has 150 valence electrons. The van der Waals surface area contributed by atoms with Gasteiger partial charge in [0, 0.05) is 34.1 Å². The third-order valence-electron chi connectivity index (χ3n) is 4.93. The molecule has 3 rings (SSSR count). The second-order valence-electron chi connectivity index (χ2n) is 7.41. The molecule has 0 aromatic heterocycles. The zero-order chi connectivity index (χ0) is 20.9. The van der Waals surface area contributed by atoms with Gasteiger partial charge in [-0.1, -0.05) is 42.3 Å². The topological polar surface area (TPSA) is 68.5 Å². The van der Waals surface area contributed by atoms with E-state index in [1.165, 1.54) is 0 Å². The highest BCUT2D eigenvalue weighted by atomic mass is 35.5. The van der Waals surface area contributed by atoms with Crippen LogP contribution in [0.3, 0.4) is 0 Å². The molecule has 0 saturated heterocycles. The number of rotatable bonds is 7. The van der Waals surface area contributed by atoms with Gasteiger partial charge in [0.1, 0.15) is 6.54 Å². The van der Waals surface area contributed by atoms with Crippen LogP contribution in [-0.2, 0) is 4.79 Å². The Labute approximate surface area is 180 Å². The van der Waals surface area contributed by atoms with E-state index >= 15 is 0 Å². The molecule has 2 aromatic rings. The van der Waals surface area contributed by atoms with E-state index in [1.807, 2.05) is 24.3 Å². The van der Waals surface area contributed by atoms with Crippen molar-refractivity contribution in [1.29, 1.82) is 5.26 Å². The maximum absolute atomic E-state index is 12.5. The predicted molar refractivity (Wildman–Crippen MR) is 117 cm³/mol. The van der Waals surface area contributed by atoms with Crippen molar-refractivity contribution in [2.45, 2.75) is 26.2 Å². The average Bonchev–Trinajstić information content (AvgIpc) is 3.00. The number of carbonyl (C=O) groups excluding carboxylic acids is 1. The van der Waals surface area contributed by atoms with Crippen LogP contribution in [0.5, 0.6) is 0 Å². The minimum Gasteiger partial charge on any atom is -0.324 e. The summed E-state index contributed by atoms with van der Waals surface area (Å²) >= 11 is 11.9. The summed E-state index contributed by atoms with van der Waals surface area (Å²) in [6, 6.07) is 16.8. The van der Waals surface area contributed by atoms with Crippen LogP contribution < -0.4 is 5.32 Å². The second-order valence-corrected chi connectivity index (χ2v) is 8.28. The minimum absolute atomic E-state index is 0.146. The van der Waals surface area contributed by atoms with Crippen LogP contribution in [0.15, 0.2) is 53.6 Å². The Kier molecular flexibility index (Phi) is 6.79. The molecule has 1 unspecified atom stereocenters. The monoisotopic (exact) mass is 428 g/mol. The van der Waals surface area contributed by atoms with Gasteiger partial charge in [-0.15, -0.1) is 0 Å². The highest BCUT2D eigenvalue weighted by molar-refractivity contribution is 6.31. The number of amides is 1. The molecule has 5 nitrogen and oxygen atoms in total. The second kappa shape index (κ2) is 9.30. The fourth-order valence-corrected chi connectivity index (χ4v) is 3.79. The first-order valence-electron chi connectivity index (χ1n) is 9.42. The molecule has 0 aliphatic carbocycles. The minimum atomic E-state index is -0.245. The van der Waals surface area contributed by atoms with Crippen molar-refractivity contribution in [2.24, 2.45) is 10.5 Å². The van der Waals surface area contributed by atoms with E-state index < -0.39 is 0 Å². The maximum Gasteiger partial charge on any atom is 0.245 e. The molecular formula is C22H22Cl2N4O. The van der Waals surface area contributed by atoms with Crippen LogP contribution >= 0.6 is 23.2 Å². The van der Waals surface area contributed by atoms with E-state index in [1.54, 1.807) is 29.3 Å².